The third-order valence-corrected chi connectivity index (χ3v) is 4.15. The highest BCUT2D eigenvalue weighted by Gasteiger charge is 2.11. The number of Topliss-reactive ketones (excluding diaryl/α,β-unsaturated/α-hetero) is 1. The van der Waals surface area contributed by atoms with Gasteiger partial charge in [-0.15, -0.1) is 0 Å². The van der Waals surface area contributed by atoms with E-state index in [1.165, 1.54) is 12.5 Å². The Morgan fingerprint density at radius 1 is 0.852 bits per heavy atom. The van der Waals surface area contributed by atoms with Gasteiger partial charge in [0, 0.05) is 12.0 Å². The van der Waals surface area contributed by atoms with Crippen LogP contribution >= 0.6 is 0 Å². The standard InChI is InChI=1S/C23H21NO3/c1-17(25)20-12-6-7-13-21(20)24-23(26)16-27-22-14-8-5-11-19(22)15-18-9-3-2-4-10-18/h2-14H,15-16H2,1H3,(H,24,26). The van der Waals surface area contributed by atoms with Crippen molar-refractivity contribution in [2.75, 3.05) is 11.9 Å². The van der Waals surface area contributed by atoms with Crippen molar-refractivity contribution in [2.24, 2.45) is 0 Å². The maximum Gasteiger partial charge on any atom is 0.262 e. The molecule has 1 amide bonds. The molecule has 3 rings (SSSR count). The van der Waals surface area contributed by atoms with E-state index in [0.717, 1.165) is 12.0 Å². The monoisotopic (exact) mass is 359 g/mol. The number of carbonyl (C=O) groups excluding carboxylic acids is 2. The fourth-order valence-electron chi connectivity index (χ4n) is 2.84. The molecule has 1 N–H and O–H groups in total. The van der Waals surface area contributed by atoms with Crippen LogP contribution in [-0.4, -0.2) is 18.3 Å². The van der Waals surface area contributed by atoms with Gasteiger partial charge in [-0.2, -0.15) is 0 Å². The Balaban J connectivity index is 1.65. The molecule has 27 heavy (non-hydrogen) atoms. The molecule has 0 spiro atoms. The minimum absolute atomic E-state index is 0.0972. The number of rotatable bonds is 7. The summed E-state index contributed by atoms with van der Waals surface area (Å²) in [7, 11) is 0. The molecule has 4 heteroatoms. The van der Waals surface area contributed by atoms with Gasteiger partial charge in [0.1, 0.15) is 5.75 Å². The zero-order valence-electron chi connectivity index (χ0n) is 15.1. The Hall–Kier alpha value is -3.40. The number of carbonyl (C=O) groups is 2. The molecule has 0 aliphatic carbocycles. The van der Waals surface area contributed by atoms with E-state index in [1.54, 1.807) is 24.3 Å². The first-order valence-electron chi connectivity index (χ1n) is 8.78. The highest BCUT2D eigenvalue weighted by molar-refractivity contribution is 6.03. The largest absolute Gasteiger partial charge is 0.483 e. The molecular formula is C23H21NO3. The van der Waals surface area contributed by atoms with Crippen molar-refractivity contribution in [3.05, 3.63) is 95.6 Å². The minimum atomic E-state index is -0.307. The Morgan fingerprint density at radius 3 is 2.30 bits per heavy atom. The molecule has 0 unspecified atom stereocenters. The zero-order valence-corrected chi connectivity index (χ0v) is 15.1. The summed E-state index contributed by atoms with van der Waals surface area (Å²) in [6.07, 6.45) is 0.728. The fourth-order valence-corrected chi connectivity index (χ4v) is 2.84. The summed E-state index contributed by atoms with van der Waals surface area (Å²) in [6, 6.07) is 24.7. The van der Waals surface area contributed by atoms with Gasteiger partial charge in [-0.1, -0.05) is 60.7 Å². The minimum Gasteiger partial charge on any atom is -0.483 e. The lowest BCUT2D eigenvalue weighted by molar-refractivity contribution is -0.118. The molecule has 0 aliphatic rings. The SMILES string of the molecule is CC(=O)c1ccccc1NC(=O)COc1ccccc1Cc1ccccc1. The molecule has 0 aromatic heterocycles. The number of benzene rings is 3. The van der Waals surface area contributed by atoms with Gasteiger partial charge < -0.3 is 10.1 Å². The van der Waals surface area contributed by atoms with E-state index in [0.29, 0.717) is 17.0 Å². The van der Waals surface area contributed by atoms with E-state index in [4.69, 9.17) is 4.74 Å². The van der Waals surface area contributed by atoms with E-state index in [2.05, 4.69) is 17.4 Å². The van der Waals surface area contributed by atoms with Gasteiger partial charge in [0.15, 0.2) is 12.4 Å². The van der Waals surface area contributed by atoms with Gasteiger partial charge in [-0.05, 0) is 36.2 Å². The lowest BCUT2D eigenvalue weighted by Crippen LogP contribution is -2.21. The van der Waals surface area contributed by atoms with Crippen molar-refractivity contribution in [1.29, 1.82) is 0 Å². The Morgan fingerprint density at radius 2 is 1.52 bits per heavy atom. The fraction of sp³-hybridized carbons (Fsp3) is 0.130. The zero-order chi connectivity index (χ0) is 19.1. The van der Waals surface area contributed by atoms with Gasteiger partial charge in [0.05, 0.1) is 5.69 Å². The third kappa shape index (κ3) is 5.05. The lowest BCUT2D eigenvalue weighted by Gasteiger charge is -2.13. The normalized spacial score (nSPS) is 10.3. The number of hydrogen-bond donors (Lipinski definition) is 1. The molecule has 3 aromatic carbocycles. The van der Waals surface area contributed by atoms with Crippen LogP contribution in [0.3, 0.4) is 0 Å². The quantitative estimate of drug-likeness (QED) is 0.632. The summed E-state index contributed by atoms with van der Waals surface area (Å²) >= 11 is 0. The van der Waals surface area contributed by atoms with E-state index in [9.17, 15) is 9.59 Å². The van der Waals surface area contributed by atoms with Crippen molar-refractivity contribution in [1.82, 2.24) is 0 Å². The van der Waals surface area contributed by atoms with Gasteiger partial charge in [-0.3, -0.25) is 9.59 Å². The molecule has 0 saturated carbocycles. The van der Waals surface area contributed by atoms with E-state index in [1.807, 2.05) is 42.5 Å². The molecule has 4 nitrogen and oxygen atoms in total. The summed E-state index contributed by atoms with van der Waals surface area (Å²) < 4.78 is 5.75. The molecule has 0 radical (unpaired) electrons. The number of anilines is 1. The number of nitrogens with one attached hydrogen (secondary N) is 1. The first kappa shape index (κ1) is 18.4. The molecular weight excluding hydrogens is 338 g/mol. The Bertz CT molecular complexity index is 935. The lowest BCUT2D eigenvalue weighted by atomic mass is 10.0. The molecule has 0 bridgehead atoms. The molecule has 0 fully saturated rings. The number of hydrogen-bond acceptors (Lipinski definition) is 3. The van der Waals surface area contributed by atoms with E-state index < -0.39 is 0 Å². The third-order valence-electron chi connectivity index (χ3n) is 4.15. The number of amides is 1. The van der Waals surface area contributed by atoms with Crippen LogP contribution in [0, 0.1) is 0 Å². The van der Waals surface area contributed by atoms with Crippen molar-refractivity contribution >= 4 is 17.4 Å². The van der Waals surface area contributed by atoms with Crippen LogP contribution in [0.25, 0.3) is 0 Å². The van der Waals surface area contributed by atoms with Crippen LogP contribution in [0.2, 0.25) is 0 Å². The highest BCUT2D eigenvalue weighted by Crippen LogP contribution is 2.22. The summed E-state index contributed by atoms with van der Waals surface area (Å²) in [5.41, 5.74) is 3.17. The molecule has 0 atom stereocenters. The average molecular weight is 359 g/mol. The number of ketones is 1. The van der Waals surface area contributed by atoms with Crippen LogP contribution in [0.1, 0.15) is 28.4 Å². The van der Waals surface area contributed by atoms with Gasteiger partial charge in [-0.25, -0.2) is 0 Å². The van der Waals surface area contributed by atoms with E-state index >= 15 is 0 Å². The summed E-state index contributed by atoms with van der Waals surface area (Å²) in [5, 5.41) is 2.75. The summed E-state index contributed by atoms with van der Waals surface area (Å²) in [6.45, 7) is 1.35. The van der Waals surface area contributed by atoms with Crippen molar-refractivity contribution in [3.63, 3.8) is 0 Å². The molecule has 0 heterocycles. The predicted octanol–water partition coefficient (Wildman–Crippen LogP) is 4.50. The van der Waals surface area contributed by atoms with Crippen molar-refractivity contribution < 1.29 is 14.3 Å². The maximum absolute atomic E-state index is 12.3. The molecule has 136 valence electrons. The van der Waals surface area contributed by atoms with E-state index in [-0.39, 0.29) is 18.3 Å². The maximum atomic E-state index is 12.3. The first-order valence-corrected chi connectivity index (χ1v) is 8.78. The number of ether oxygens (including phenoxy) is 1. The average Bonchev–Trinajstić information content (AvgIpc) is 2.68. The topological polar surface area (TPSA) is 55.4 Å². The second-order valence-corrected chi connectivity index (χ2v) is 6.21. The van der Waals surface area contributed by atoms with Gasteiger partial charge in [0.25, 0.3) is 5.91 Å². The van der Waals surface area contributed by atoms with Crippen LogP contribution < -0.4 is 10.1 Å². The summed E-state index contributed by atoms with van der Waals surface area (Å²) in [4.78, 5) is 23.9. The molecule has 3 aromatic rings. The highest BCUT2D eigenvalue weighted by atomic mass is 16.5. The molecule has 0 aliphatic heterocycles. The van der Waals surface area contributed by atoms with Crippen LogP contribution in [0.5, 0.6) is 5.75 Å². The van der Waals surface area contributed by atoms with Crippen LogP contribution in [0.4, 0.5) is 5.69 Å². The van der Waals surface area contributed by atoms with Gasteiger partial charge in [0.2, 0.25) is 0 Å². The van der Waals surface area contributed by atoms with Crippen molar-refractivity contribution in [2.45, 2.75) is 13.3 Å². The van der Waals surface area contributed by atoms with Crippen LogP contribution in [0.15, 0.2) is 78.9 Å². The predicted molar refractivity (Wildman–Crippen MR) is 106 cm³/mol. The Labute approximate surface area is 158 Å². The summed E-state index contributed by atoms with van der Waals surface area (Å²) in [5.74, 6) is 0.273. The Kier molecular flexibility index (Phi) is 6.00. The van der Waals surface area contributed by atoms with Gasteiger partial charge >= 0.3 is 0 Å². The van der Waals surface area contributed by atoms with Crippen molar-refractivity contribution in [3.8, 4) is 5.75 Å². The smallest absolute Gasteiger partial charge is 0.262 e. The second kappa shape index (κ2) is 8.81. The number of para-hydroxylation sites is 2. The molecule has 0 saturated heterocycles. The van der Waals surface area contributed by atoms with Crippen LogP contribution in [-0.2, 0) is 11.2 Å². The second-order valence-electron chi connectivity index (χ2n) is 6.21. The first-order chi connectivity index (χ1) is 13.1.